The Labute approximate surface area is 132 Å². The highest BCUT2D eigenvalue weighted by Gasteiger charge is 2.29. The molecule has 0 N–H and O–H groups in total. The van der Waals surface area contributed by atoms with Crippen LogP contribution in [0.4, 0.5) is 17.2 Å². The van der Waals surface area contributed by atoms with Crippen LogP contribution in [0.1, 0.15) is 10.4 Å². The smallest absolute Gasteiger partial charge is 0.342 e. The van der Waals surface area contributed by atoms with Gasteiger partial charge in [-0.05, 0) is 11.0 Å². The van der Waals surface area contributed by atoms with Crippen molar-refractivity contribution in [1.82, 2.24) is 4.57 Å². The third kappa shape index (κ3) is 2.87. The number of rotatable bonds is 5. The van der Waals surface area contributed by atoms with E-state index in [2.05, 4.69) is 4.74 Å². The van der Waals surface area contributed by atoms with Gasteiger partial charge >= 0.3 is 17.5 Å². The van der Waals surface area contributed by atoms with Gasteiger partial charge in [0.2, 0.25) is 0 Å². The average molecular weight is 336 g/mol. The van der Waals surface area contributed by atoms with Gasteiger partial charge < -0.3 is 14.9 Å². The number of aromatic nitrogens is 1. The standard InChI is InChI=1S/C12H8N4O8/c1-24-12(17)9-4-7(14(18)19)2-3-10(9)13-6-8(15(20)21)5-11(13)16(22)23/h2-6H,1H3. The fourth-order valence-corrected chi connectivity index (χ4v) is 1.99. The first-order valence-corrected chi connectivity index (χ1v) is 6.14. The molecule has 1 heterocycles. The van der Waals surface area contributed by atoms with Gasteiger partial charge in [0, 0.05) is 12.1 Å². The number of nitrogens with zero attached hydrogens (tertiary/aromatic N) is 4. The minimum Gasteiger partial charge on any atom is -0.465 e. The maximum atomic E-state index is 11.8. The molecule has 0 fully saturated rings. The van der Waals surface area contributed by atoms with Crippen LogP contribution in [0.3, 0.4) is 0 Å². The Balaban J connectivity index is 2.76. The molecule has 0 aliphatic carbocycles. The summed E-state index contributed by atoms with van der Waals surface area (Å²) in [5.74, 6) is -1.67. The van der Waals surface area contributed by atoms with Crippen molar-refractivity contribution in [3.8, 4) is 5.69 Å². The molecular formula is C12H8N4O8. The number of carbonyl (C=O) groups is 1. The zero-order valence-corrected chi connectivity index (χ0v) is 11.9. The van der Waals surface area contributed by atoms with Crippen molar-refractivity contribution in [2.45, 2.75) is 0 Å². The highest BCUT2D eigenvalue weighted by Crippen LogP contribution is 2.30. The lowest BCUT2D eigenvalue weighted by Crippen LogP contribution is -2.09. The summed E-state index contributed by atoms with van der Waals surface area (Å²) in [4.78, 5) is 42.1. The monoisotopic (exact) mass is 336 g/mol. The van der Waals surface area contributed by atoms with Crippen LogP contribution in [0.15, 0.2) is 30.5 Å². The number of benzene rings is 1. The Morgan fingerprint density at radius 1 is 1.00 bits per heavy atom. The first kappa shape index (κ1) is 16.5. The molecule has 0 radical (unpaired) electrons. The lowest BCUT2D eigenvalue weighted by molar-refractivity contribution is -0.394. The summed E-state index contributed by atoms with van der Waals surface area (Å²) in [5.41, 5.74) is -1.52. The maximum Gasteiger partial charge on any atom is 0.342 e. The molecule has 12 heteroatoms. The topological polar surface area (TPSA) is 161 Å². The molecule has 0 atom stereocenters. The van der Waals surface area contributed by atoms with E-state index in [-0.39, 0.29) is 11.3 Å². The van der Waals surface area contributed by atoms with Crippen molar-refractivity contribution in [2.24, 2.45) is 0 Å². The zero-order valence-electron chi connectivity index (χ0n) is 11.9. The molecule has 0 aliphatic rings. The van der Waals surface area contributed by atoms with Crippen LogP contribution in [0.2, 0.25) is 0 Å². The molecule has 0 aliphatic heterocycles. The number of nitro benzene ring substituents is 1. The highest BCUT2D eigenvalue weighted by atomic mass is 16.6. The second kappa shape index (κ2) is 6.12. The number of hydrogen-bond acceptors (Lipinski definition) is 8. The molecule has 0 unspecified atom stereocenters. The van der Waals surface area contributed by atoms with Gasteiger partial charge in [0.25, 0.3) is 5.69 Å². The normalized spacial score (nSPS) is 10.2. The summed E-state index contributed by atoms with van der Waals surface area (Å²) >= 11 is 0. The van der Waals surface area contributed by atoms with E-state index in [1.807, 2.05) is 0 Å². The van der Waals surface area contributed by atoms with E-state index >= 15 is 0 Å². The van der Waals surface area contributed by atoms with Gasteiger partial charge in [-0.25, -0.2) is 4.79 Å². The van der Waals surface area contributed by atoms with Gasteiger partial charge in [0.05, 0.1) is 17.0 Å². The van der Waals surface area contributed by atoms with Crippen molar-refractivity contribution in [3.63, 3.8) is 0 Å². The van der Waals surface area contributed by atoms with E-state index in [4.69, 9.17) is 0 Å². The number of methoxy groups -OCH3 is 1. The van der Waals surface area contributed by atoms with Gasteiger partial charge in [-0.2, -0.15) is 4.57 Å². The summed E-state index contributed by atoms with van der Waals surface area (Å²) in [5, 5.41) is 32.8. The predicted molar refractivity (Wildman–Crippen MR) is 77.1 cm³/mol. The Bertz CT molecular complexity index is 872. The van der Waals surface area contributed by atoms with Gasteiger partial charge in [-0.15, -0.1) is 0 Å². The quantitative estimate of drug-likeness (QED) is 0.455. The molecule has 2 rings (SSSR count). The van der Waals surface area contributed by atoms with Crippen molar-refractivity contribution >= 4 is 23.2 Å². The second-order valence-corrected chi connectivity index (χ2v) is 4.39. The minimum absolute atomic E-state index is 0.160. The van der Waals surface area contributed by atoms with E-state index in [1.54, 1.807) is 0 Å². The van der Waals surface area contributed by atoms with Crippen LogP contribution in [0.25, 0.3) is 5.69 Å². The maximum absolute atomic E-state index is 11.8. The van der Waals surface area contributed by atoms with Crippen molar-refractivity contribution in [1.29, 1.82) is 0 Å². The van der Waals surface area contributed by atoms with Gasteiger partial charge in [0.15, 0.2) is 6.20 Å². The number of nitro groups is 3. The van der Waals surface area contributed by atoms with E-state index in [0.717, 1.165) is 36.1 Å². The van der Waals surface area contributed by atoms with Crippen LogP contribution in [-0.2, 0) is 4.74 Å². The third-order valence-electron chi connectivity index (χ3n) is 3.04. The minimum atomic E-state index is -0.987. The van der Waals surface area contributed by atoms with Crippen molar-refractivity contribution in [3.05, 3.63) is 66.4 Å². The Hall–Kier alpha value is -3.83. The number of esters is 1. The lowest BCUT2D eigenvalue weighted by atomic mass is 10.1. The average Bonchev–Trinajstić information content (AvgIpc) is 2.99. The van der Waals surface area contributed by atoms with E-state index < -0.39 is 37.9 Å². The second-order valence-electron chi connectivity index (χ2n) is 4.39. The molecule has 124 valence electrons. The molecule has 0 bridgehead atoms. The molecule has 0 saturated carbocycles. The van der Waals surface area contributed by atoms with Gasteiger partial charge in [-0.1, -0.05) is 0 Å². The summed E-state index contributed by atoms with van der Waals surface area (Å²) < 4.78 is 5.29. The number of carbonyl (C=O) groups excluding carboxylic acids is 1. The SMILES string of the molecule is COC(=O)c1cc([N+](=O)[O-])ccc1-n1cc([N+](=O)[O-])cc1[N+](=O)[O-]. The number of hydrogen-bond donors (Lipinski definition) is 0. The highest BCUT2D eigenvalue weighted by molar-refractivity contribution is 5.94. The van der Waals surface area contributed by atoms with Gasteiger partial charge in [0.1, 0.15) is 17.3 Å². The van der Waals surface area contributed by atoms with E-state index in [0.29, 0.717) is 6.07 Å². The molecule has 2 aromatic rings. The van der Waals surface area contributed by atoms with Crippen LogP contribution in [0, 0.1) is 30.3 Å². The molecule has 1 aromatic carbocycles. The molecule has 24 heavy (non-hydrogen) atoms. The van der Waals surface area contributed by atoms with Crippen molar-refractivity contribution in [2.75, 3.05) is 7.11 Å². The van der Waals surface area contributed by atoms with Crippen LogP contribution in [-0.4, -0.2) is 32.4 Å². The molecular weight excluding hydrogens is 328 g/mol. The Morgan fingerprint density at radius 2 is 1.62 bits per heavy atom. The number of ether oxygens (including phenoxy) is 1. The zero-order chi connectivity index (χ0) is 18.0. The molecule has 0 spiro atoms. The molecule has 0 saturated heterocycles. The van der Waals surface area contributed by atoms with Crippen LogP contribution >= 0.6 is 0 Å². The first-order valence-electron chi connectivity index (χ1n) is 6.14. The lowest BCUT2D eigenvalue weighted by Gasteiger charge is -2.06. The summed E-state index contributed by atoms with van der Waals surface area (Å²) in [6.07, 6.45) is 0.839. The summed E-state index contributed by atoms with van der Waals surface area (Å²) in [7, 11) is 1.03. The molecule has 1 aromatic heterocycles. The van der Waals surface area contributed by atoms with E-state index in [1.165, 1.54) is 0 Å². The van der Waals surface area contributed by atoms with E-state index in [9.17, 15) is 35.1 Å². The predicted octanol–water partition coefficient (Wildman–Crippen LogP) is 1.99. The third-order valence-corrected chi connectivity index (χ3v) is 3.04. The summed E-state index contributed by atoms with van der Waals surface area (Å²) in [6.45, 7) is 0. The Morgan fingerprint density at radius 3 is 2.12 bits per heavy atom. The number of non-ortho nitro benzene ring substituents is 1. The molecule has 0 amide bonds. The first-order chi connectivity index (χ1) is 11.3. The van der Waals surface area contributed by atoms with Gasteiger partial charge in [-0.3, -0.25) is 20.2 Å². The summed E-state index contributed by atoms with van der Waals surface area (Å²) in [6, 6.07) is 3.66. The Kier molecular flexibility index (Phi) is 4.21. The van der Waals surface area contributed by atoms with Crippen LogP contribution in [0.5, 0.6) is 0 Å². The van der Waals surface area contributed by atoms with Crippen molar-refractivity contribution < 1.29 is 24.3 Å². The fourth-order valence-electron chi connectivity index (χ4n) is 1.99. The largest absolute Gasteiger partial charge is 0.465 e. The van der Waals surface area contributed by atoms with Crippen LogP contribution < -0.4 is 0 Å². The fraction of sp³-hybridized carbons (Fsp3) is 0.0833. The molecule has 12 nitrogen and oxygen atoms in total.